The summed E-state index contributed by atoms with van der Waals surface area (Å²) in [6.07, 6.45) is 2.84. The van der Waals surface area contributed by atoms with Crippen molar-refractivity contribution in [2.24, 2.45) is 11.8 Å². The van der Waals surface area contributed by atoms with Crippen LogP contribution in [-0.4, -0.2) is 21.3 Å². The van der Waals surface area contributed by atoms with Gasteiger partial charge in [-0.05, 0) is 25.2 Å². The zero-order chi connectivity index (χ0) is 11.7. The van der Waals surface area contributed by atoms with Crippen LogP contribution in [0, 0.1) is 11.8 Å². The predicted octanol–water partition coefficient (Wildman–Crippen LogP) is 1.72. The van der Waals surface area contributed by atoms with Crippen LogP contribution in [0.4, 0.5) is 5.13 Å². The number of anilines is 1. The summed E-state index contributed by atoms with van der Waals surface area (Å²) in [6, 6.07) is 0. The van der Waals surface area contributed by atoms with Crippen LogP contribution in [0.1, 0.15) is 37.1 Å². The second-order valence-corrected chi connectivity index (χ2v) is 5.42. The van der Waals surface area contributed by atoms with Gasteiger partial charge in [-0.15, -0.1) is 10.2 Å². The molecule has 88 valence electrons. The fourth-order valence-electron chi connectivity index (χ4n) is 2.31. The largest absolute Gasteiger partial charge is 0.481 e. The lowest BCUT2D eigenvalue weighted by atomic mass is 9.92. The lowest BCUT2D eigenvalue weighted by molar-refractivity contribution is -0.142. The van der Waals surface area contributed by atoms with Crippen molar-refractivity contribution in [2.75, 3.05) is 5.73 Å². The summed E-state index contributed by atoms with van der Waals surface area (Å²) >= 11 is 1.42. The van der Waals surface area contributed by atoms with Crippen molar-refractivity contribution >= 4 is 22.4 Å². The summed E-state index contributed by atoms with van der Waals surface area (Å²) in [7, 11) is 0. The van der Waals surface area contributed by atoms with Gasteiger partial charge >= 0.3 is 5.97 Å². The highest BCUT2D eigenvalue weighted by atomic mass is 32.1. The molecule has 5 nitrogen and oxygen atoms in total. The number of carboxylic acid groups (broad SMARTS) is 1. The predicted molar refractivity (Wildman–Crippen MR) is 61.2 cm³/mol. The Balaban J connectivity index is 2.00. The second-order valence-electron chi connectivity index (χ2n) is 4.38. The van der Waals surface area contributed by atoms with E-state index in [2.05, 4.69) is 10.2 Å². The highest BCUT2D eigenvalue weighted by Crippen LogP contribution is 2.42. The fraction of sp³-hybridized carbons (Fsp3) is 0.700. The Morgan fingerprint density at radius 2 is 2.31 bits per heavy atom. The molecule has 3 unspecified atom stereocenters. The van der Waals surface area contributed by atoms with E-state index in [9.17, 15) is 4.79 Å². The number of carbonyl (C=O) groups is 1. The molecule has 3 N–H and O–H groups in total. The lowest BCUT2D eigenvalue weighted by Gasteiger charge is -2.14. The highest BCUT2D eigenvalue weighted by Gasteiger charge is 2.34. The van der Waals surface area contributed by atoms with Gasteiger partial charge in [0.1, 0.15) is 5.01 Å². The molecule has 1 aromatic rings. The van der Waals surface area contributed by atoms with E-state index < -0.39 is 5.97 Å². The van der Waals surface area contributed by atoms with Gasteiger partial charge in [-0.3, -0.25) is 4.79 Å². The first kappa shape index (κ1) is 11.3. The number of carboxylic acids is 1. The van der Waals surface area contributed by atoms with Gasteiger partial charge in [-0.2, -0.15) is 0 Å². The van der Waals surface area contributed by atoms with Crippen molar-refractivity contribution in [1.29, 1.82) is 0 Å². The van der Waals surface area contributed by atoms with Crippen LogP contribution in [0.3, 0.4) is 0 Å². The van der Waals surface area contributed by atoms with Gasteiger partial charge in [0, 0.05) is 5.92 Å². The van der Waals surface area contributed by atoms with Crippen LogP contribution < -0.4 is 5.73 Å². The minimum atomic E-state index is -0.706. The summed E-state index contributed by atoms with van der Waals surface area (Å²) in [4.78, 5) is 10.9. The Labute approximate surface area is 97.7 Å². The monoisotopic (exact) mass is 241 g/mol. The van der Waals surface area contributed by atoms with E-state index in [0.29, 0.717) is 11.0 Å². The number of rotatable bonds is 3. The summed E-state index contributed by atoms with van der Waals surface area (Å²) in [5.74, 6) is -0.369. The molecule has 0 saturated heterocycles. The maximum atomic E-state index is 10.9. The molecule has 1 aliphatic rings. The molecule has 0 amide bonds. The molecular weight excluding hydrogens is 226 g/mol. The molecule has 0 aliphatic heterocycles. The quantitative estimate of drug-likeness (QED) is 0.841. The molecule has 16 heavy (non-hydrogen) atoms. The molecule has 0 aromatic carbocycles. The van der Waals surface area contributed by atoms with Crippen molar-refractivity contribution in [3.05, 3.63) is 5.01 Å². The van der Waals surface area contributed by atoms with Gasteiger partial charge in [0.25, 0.3) is 0 Å². The third kappa shape index (κ3) is 2.16. The van der Waals surface area contributed by atoms with E-state index in [1.165, 1.54) is 11.3 Å². The first-order valence-electron chi connectivity index (χ1n) is 5.39. The zero-order valence-electron chi connectivity index (χ0n) is 9.09. The molecular formula is C10H15N3O2S. The van der Waals surface area contributed by atoms with Crippen LogP contribution in [0.15, 0.2) is 0 Å². The number of aliphatic carboxylic acids is 1. The van der Waals surface area contributed by atoms with Crippen molar-refractivity contribution in [2.45, 2.75) is 32.1 Å². The fourth-order valence-corrected chi connectivity index (χ4v) is 3.07. The van der Waals surface area contributed by atoms with Crippen molar-refractivity contribution in [3.63, 3.8) is 0 Å². The maximum Gasteiger partial charge on any atom is 0.306 e. The topological polar surface area (TPSA) is 89.1 Å². The van der Waals surface area contributed by atoms with Gasteiger partial charge < -0.3 is 10.8 Å². The van der Waals surface area contributed by atoms with E-state index >= 15 is 0 Å². The van der Waals surface area contributed by atoms with Crippen molar-refractivity contribution in [1.82, 2.24) is 10.2 Å². The summed E-state index contributed by atoms with van der Waals surface area (Å²) in [5.41, 5.74) is 5.54. The molecule has 1 fully saturated rings. The number of nitrogens with zero attached hydrogens (tertiary/aromatic N) is 2. The molecule has 1 heterocycles. The van der Waals surface area contributed by atoms with E-state index in [4.69, 9.17) is 10.8 Å². The van der Waals surface area contributed by atoms with E-state index in [-0.39, 0.29) is 11.8 Å². The standard InChI is InChI=1S/C10H15N3O2S/c1-5(9(14)15)6-2-3-7(4-6)8-12-13-10(11)16-8/h5-7H,2-4H2,1H3,(H2,11,13)(H,14,15). The molecule has 0 spiro atoms. The van der Waals surface area contributed by atoms with Gasteiger partial charge in [-0.1, -0.05) is 18.3 Å². The SMILES string of the molecule is CC(C(=O)O)C1CCC(c2nnc(N)s2)C1. The lowest BCUT2D eigenvalue weighted by Crippen LogP contribution is -2.18. The normalized spacial score (nSPS) is 26.8. The number of hydrogen-bond acceptors (Lipinski definition) is 5. The Bertz CT molecular complexity index is 393. The third-order valence-corrected chi connectivity index (χ3v) is 4.29. The number of hydrogen-bond donors (Lipinski definition) is 2. The number of nitrogens with two attached hydrogens (primary N) is 1. The molecule has 6 heteroatoms. The van der Waals surface area contributed by atoms with Crippen LogP contribution in [0.2, 0.25) is 0 Å². The van der Waals surface area contributed by atoms with Crippen LogP contribution in [0.5, 0.6) is 0 Å². The van der Waals surface area contributed by atoms with E-state index in [1.54, 1.807) is 6.92 Å². The van der Waals surface area contributed by atoms with Gasteiger partial charge in [-0.25, -0.2) is 0 Å². The zero-order valence-corrected chi connectivity index (χ0v) is 9.91. The molecule has 0 radical (unpaired) electrons. The average Bonchev–Trinajstić information content (AvgIpc) is 2.84. The first-order valence-corrected chi connectivity index (χ1v) is 6.21. The summed E-state index contributed by atoms with van der Waals surface area (Å²) in [6.45, 7) is 1.78. The summed E-state index contributed by atoms with van der Waals surface area (Å²) in [5, 5.41) is 18.2. The molecule has 2 rings (SSSR count). The number of nitrogen functional groups attached to an aromatic ring is 1. The number of aromatic nitrogens is 2. The Kier molecular flexibility index (Phi) is 3.09. The second kappa shape index (κ2) is 4.37. The third-order valence-electron chi connectivity index (χ3n) is 3.38. The van der Waals surface area contributed by atoms with E-state index in [1.807, 2.05) is 0 Å². The Morgan fingerprint density at radius 3 is 2.88 bits per heavy atom. The van der Waals surface area contributed by atoms with Crippen LogP contribution in [-0.2, 0) is 4.79 Å². The Hall–Kier alpha value is -1.17. The van der Waals surface area contributed by atoms with Crippen LogP contribution in [0.25, 0.3) is 0 Å². The van der Waals surface area contributed by atoms with Crippen LogP contribution >= 0.6 is 11.3 Å². The van der Waals surface area contributed by atoms with Gasteiger partial charge in [0.15, 0.2) is 0 Å². The summed E-state index contributed by atoms with van der Waals surface area (Å²) < 4.78 is 0. The minimum absolute atomic E-state index is 0.257. The van der Waals surface area contributed by atoms with Crippen molar-refractivity contribution < 1.29 is 9.90 Å². The first-order chi connectivity index (χ1) is 7.58. The maximum absolute atomic E-state index is 10.9. The molecule has 3 atom stereocenters. The molecule has 1 aromatic heterocycles. The minimum Gasteiger partial charge on any atom is -0.481 e. The molecule has 1 aliphatic carbocycles. The highest BCUT2D eigenvalue weighted by molar-refractivity contribution is 7.15. The Morgan fingerprint density at radius 1 is 1.56 bits per heavy atom. The van der Waals surface area contributed by atoms with Crippen molar-refractivity contribution in [3.8, 4) is 0 Å². The smallest absolute Gasteiger partial charge is 0.306 e. The molecule has 1 saturated carbocycles. The average molecular weight is 241 g/mol. The van der Waals surface area contributed by atoms with Gasteiger partial charge in [0.05, 0.1) is 5.92 Å². The van der Waals surface area contributed by atoms with E-state index in [0.717, 1.165) is 24.3 Å². The van der Waals surface area contributed by atoms with Gasteiger partial charge in [0.2, 0.25) is 5.13 Å². The molecule has 0 bridgehead atoms.